The van der Waals surface area contributed by atoms with E-state index in [0.717, 1.165) is 24.1 Å². The maximum Gasteiger partial charge on any atom is 0.360 e. The van der Waals surface area contributed by atoms with E-state index in [1.807, 2.05) is 32.9 Å². The van der Waals surface area contributed by atoms with Crippen LogP contribution in [0.1, 0.15) is 62.5 Å². The van der Waals surface area contributed by atoms with E-state index in [4.69, 9.17) is 13.9 Å². The van der Waals surface area contributed by atoms with E-state index < -0.39 is 11.5 Å². The number of ether oxygens (including phenoxy) is 2. The minimum absolute atomic E-state index is 0.0661. The minimum Gasteiger partial charge on any atom is -0.496 e. The monoisotopic (exact) mass is 506 g/mol. The number of hydrogen-bond donors (Lipinski definition) is 2. The summed E-state index contributed by atoms with van der Waals surface area (Å²) in [5.74, 6) is 0.983. The largest absolute Gasteiger partial charge is 0.496 e. The molecule has 0 spiro atoms. The smallest absolute Gasteiger partial charge is 0.360 e. The van der Waals surface area contributed by atoms with Gasteiger partial charge in [0.2, 0.25) is 0 Å². The fraction of sp³-hybridized carbons (Fsp3) is 0.400. The molecule has 2 aromatic carbocycles. The maximum atomic E-state index is 13.0. The van der Waals surface area contributed by atoms with Gasteiger partial charge in [-0.05, 0) is 103 Å². The summed E-state index contributed by atoms with van der Waals surface area (Å²) in [6, 6.07) is 10.5. The number of aryl methyl sites for hydroxylation is 1. The second-order valence-electron chi connectivity index (χ2n) is 10.4. The molecule has 198 valence electrons. The van der Waals surface area contributed by atoms with Crippen LogP contribution in [0.4, 0.5) is 5.69 Å². The first-order valence-corrected chi connectivity index (χ1v) is 12.6. The number of methoxy groups -OCH3 is 1. The fourth-order valence-corrected chi connectivity index (χ4v) is 3.85. The highest BCUT2D eigenvalue weighted by Crippen LogP contribution is 2.28. The van der Waals surface area contributed by atoms with Crippen molar-refractivity contribution in [1.82, 2.24) is 5.32 Å². The molecule has 1 amide bonds. The van der Waals surface area contributed by atoms with Gasteiger partial charge in [-0.15, -0.1) is 0 Å². The van der Waals surface area contributed by atoms with E-state index in [1.54, 1.807) is 31.4 Å². The molecule has 3 rings (SSSR count). The quantitative estimate of drug-likeness (QED) is 0.198. The molecule has 0 aliphatic carbocycles. The number of carbonyl (C=O) groups is 1. The molecule has 0 aliphatic rings. The molecule has 0 unspecified atom stereocenters. The van der Waals surface area contributed by atoms with Crippen molar-refractivity contribution >= 4 is 22.6 Å². The second kappa shape index (κ2) is 12.1. The van der Waals surface area contributed by atoms with Crippen LogP contribution in [0.3, 0.4) is 0 Å². The lowest BCUT2D eigenvalue weighted by Gasteiger charge is -2.20. The number of rotatable bonds is 10. The minimum atomic E-state index is -0.617. The van der Waals surface area contributed by atoms with Crippen LogP contribution < -0.4 is 25.7 Å². The van der Waals surface area contributed by atoms with Gasteiger partial charge in [-0.3, -0.25) is 4.79 Å². The number of amides is 1. The number of benzene rings is 2. The number of anilines is 1. The number of carbonyl (C=O) groups excluding carboxylic acids is 1. The second-order valence-corrected chi connectivity index (χ2v) is 10.4. The van der Waals surface area contributed by atoms with Crippen molar-refractivity contribution < 1.29 is 18.7 Å². The molecule has 7 nitrogen and oxygen atoms in total. The van der Waals surface area contributed by atoms with Crippen molar-refractivity contribution in [2.75, 3.05) is 25.6 Å². The highest BCUT2D eigenvalue weighted by atomic mass is 16.5. The molecule has 7 heteroatoms. The lowest BCUT2D eigenvalue weighted by atomic mass is 10.0. The molecule has 1 heterocycles. The van der Waals surface area contributed by atoms with Crippen LogP contribution in [0.15, 0.2) is 57.3 Å². The summed E-state index contributed by atoms with van der Waals surface area (Å²) >= 11 is 0. The third-order valence-corrected chi connectivity index (χ3v) is 5.86. The zero-order chi connectivity index (χ0) is 27.2. The van der Waals surface area contributed by atoms with Gasteiger partial charge < -0.3 is 24.5 Å². The molecule has 0 aliphatic heterocycles. The lowest BCUT2D eigenvalue weighted by Crippen LogP contribution is -2.36. The van der Waals surface area contributed by atoms with Crippen LogP contribution in [0.2, 0.25) is 0 Å². The zero-order valence-electron chi connectivity index (χ0n) is 22.9. The van der Waals surface area contributed by atoms with Gasteiger partial charge in [0.1, 0.15) is 22.8 Å². The molecule has 0 fully saturated rings. The highest BCUT2D eigenvalue weighted by molar-refractivity contribution is 6.05. The van der Waals surface area contributed by atoms with Crippen LogP contribution in [0.25, 0.3) is 11.0 Å². The van der Waals surface area contributed by atoms with Crippen LogP contribution in [-0.4, -0.2) is 31.7 Å². The predicted molar refractivity (Wildman–Crippen MR) is 149 cm³/mol. The van der Waals surface area contributed by atoms with Crippen LogP contribution in [0.5, 0.6) is 11.5 Å². The fourth-order valence-electron chi connectivity index (χ4n) is 3.85. The van der Waals surface area contributed by atoms with Gasteiger partial charge in [0.05, 0.1) is 13.7 Å². The first kappa shape index (κ1) is 28.0. The van der Waals surface area contributed by atoms with E-state index in [1.165, 1.54) is 5.57 Å². The Balaban J connectivity index is 1.76. The Labute approximate surface area is 218 Å². The summed E-state index contributed by atoms with van der Waals surface area (Å²) < 4.78 is 17.0. The summed E-state index contributed by atoms with van der Waals surface area (Å²) in [7, 11) is 1.60. The first-order chi connectivity index (χ1) is 17.5. The summed E-state index contributed by atoms with van der Waals surface area (Å²) in [6.07, 6.45) is 3.56. The molecule has 2 N–H and O–H groups in total. The van der Waals surface area contributed by atoms with E-state index in [-0.39, 0.29) is 11.2 Å². The van der Waals surface area contributed by atoms with Crippen molar-refractivity contribution in [3.63, 3.8) is 0 Å². The van der Waals surface area contributed by atoms with E-state index in [0.29, 0.717) is 41.1 Å². The molecule has 0 radical (unpaired) electrons. The number of hydrogen-bond acceptors (Lipinski definition) is 6. The third kappa shape index (κ3) is 7.70. The van der Waals surface area contributed by atoms with Gasteiger partial charge in [-0.1, -0.05) is 11.6 Å². The molecule has 0 saturated carbocycles. The number of allylic oxidation sites excluding steroid dienone is 2. The topological polar surface area (TPSA) is 89.8 Å². The molecule has 3 aromatic rings. The summed E-state index contributed by atoms with van der Waals surface area (Å²) in [6.45, 7) is 13.7. The van der Waals surface area contributed by atoms with E-state index in [2.05, 4.69) is 37.5 Å². The standard InChI is InChI=1S/C30H38N2O5/c1-19(2)9-10-21-17-23(12-14-26(21)35-7)28(33)32-24-18-22-11-13-25(20(3)27(22)37-29(24)34)36-16-8-15-31-30(4,5)6/h9,11-14,17-18,31H,8,10,15-16H2,1-7H3,(H,32,33). The normalized spacial score (nSPS) is 11.3. The number of nitrogens with one attached hydrogen (secondary N) is 2. The Hall–Kier alpha value is -3.58. The zero-order valence-corrected chi connectivity index (χ0v) is 22.9. The molecular weight excluding hydrogens is 468 g/mol. The van der Waals surface area contributed by atoms with Crippen molar-refractivity contribution in [3.05, 3.63) is 75.2 Å². The van der Waals surface area contributed by atoms with Crippen molar-refractivity contribution in [2.45, 2.75) is 59.9 Å². The van der Waals surface area contributed by atoms with Crippen molar-refractivity contribution in [3.8, 4) is 11.5 Å². The van der Waals surface area contributed by atoms with E-state index in [9.17, 15) is 9.59 Å². The average molecular weight is 507 g/mol. The Morgan fingerprint density at radius 2 is 1.81 bits per heavy atom. The Morgan fingerprint density at radius 3 is 2.49 bits per heavy atom. The van der Waals surface area contributed by atoms with Gasteiger partial charge in [-0.25, -0.2) is 4.79 Å². The Kier molecular flexibility index (Phi) is 9.16. The molecular formula is C30H38N2O5. The van der Waals surface area contributed by atoms with Gasteiger partial charge in [0.15, 0.2) is 0 Å². The highest BCUT2D eigenvalue weighted by Gasteiger charge is 2.15. The van der Waals surface area contributed by atoms with E-state index >= 15 is 0 Å². The van der Waals surface area contributed by atoms with Crippen LogP contribution >= 0.6 is 0 Å². The van der Waals surface area contributed by atoms with Crippen molar-refractivity contribution in [1.29, 1.82) is 0 Å². The lowest BCUT2D eigenvalue weighted by molar-refractivity contribution is 0.102. The average Bonchev–Trinajstić information content (AvgIpc) is 2.83. The van der Waals surface area contributed by atoms with Gasteiger partial charge in [0, 0.05) is 22.1 Å². The SMILES string of the molecule is COc1ccc(C(=O)Nc2cc3ccc(OCCCNC(C)(C)C)c(C)c3oc2=O)cc1CC=C(C)C. The molecule has 0 saturated heterocycles. The van der Waals surface area contributed by atoms with Crippen LogP contribution in [0, 0.1) is 6.92 Å². The van der Waals surface area contributed by atoms with Gasteiger partial charge in [0.25, 0.3) is 5.91 Å². The van der Waals surface area contributed by atoms with Crippen molar-refractivity contribution in [2.24, 2.45) is 0 Å². The van der Waals surface area contributed by atoms with Crippen LogP contribution in [-0.2, 0) is 6.42 Å². The number of fused-ring (bicyclic) bond motifs is 1. The predicted octanol–water partition coefficient (Wildman–Crippen LogP) is 6.03. The summed E-state index contributed by atoms with van der Waals surface area (Å²) in [5.41, 5.74) is 3.22. The molecule has 0 bridgehead atoms. The Bertz CT molecular complexity index is 1340. The van der Waals surface area contributed by atoms with Gasteiger partial charge in [-0.2, -0.15) is 0 Å². The van der Waals surface area contributed by atoms with Gasteiger partial charge >= 0.3 is 5.63 Å². The first-order valence-electron chi connectivity index (χ1n) is 12.6. The third-order valence-electron chi connectivity index (χ3n) is 5.86. The summed E-state index contributed by atoms with van der Waals surface area (Å²) in [4.78, 5) is 25.7. The summed E-state index contributed by atoms with van der Waals surface area (Å²) in [5, 5.41) is 6.83. The molecule has 0 atom stereocenters. The molecule has 37 heavy (non-hydrogen) atoms. The Morgan fingerprint density at radius 1 is 1.08 bits per heavy atom. The maximum absolute atomic E-state index is 13.0. The molecule has 1 aromatic heterocycles.